The van der Waals surface area contributed by atoms with Gasteiger partial charge in [-0.05, 0) is 23.7 Å². The standard InChI is InChI=1S/C9H5ClFNO2/c1-14-8-3-6(9(10)13)7(11)2-5(8)4-12/h2-3H,1H3. The third-order valence-electron chi connectivity index (χ3n) is 1.62. The van der Waals surface area contributed by atoms with E-state index in [2.05, 4.69) is 0 Å². The van der Waals surface area contributed by atoms with Gasteiger partial charge in [-0.2, -0.15) is 5.26 Å². The Labute approximate surface area is 84.7 Å². The second-order valence-electron chi connectivity index (χ2n) is 2.42. The lowest BCUT2D eigenvalue weighted by Gasteiger charge is -2.04. The molecule has 72 valence electrons. The van der Waals surface area contributed by atoms with Crippen molar-refractivity contribution < 1.29 is 13.9 Å². The molecule has 0 bridgehead atoms. The molecule has 0 saturated carbocycles. The number of nitriles is 1. The average Bonchev–Trinajstić information content (AvgIpc) is 2.16. The van der Waals surface area contributed by atoms with E-state index >= 15 is 0 Å². The van der Waals surface area contributed by atoms with E-state index in [9.17, 15) is 9.18 Å². The fraction of sp³-hybridized carbons (Fsp3) is 0.111. The van der Waals surface area contributed by atoms with Crippen molar-refractivity contribution in [2.45, 2.75) is 0 Å². The van der Waals surface area contributed by atoms with Crippen LogP contribution in [0, 0.1) is 17.1 Å². The smallest absolute Gasteiger partial charge is 0.255 e. The van der Waals surface area contributed by atoms with E-state index in [-0.39, 0.29) is 16.9 Å². The maximum atomic E-state index is 13.1. The minimum atomic E-state index is -0.926. The summed E-state index contributed by atoms with van der Waals surface area (Å²) in [6.45, 7) is 0. The SMILES string of the molecule is COc1cc(C(=O)Cl)c(F)cc1C#N. The van der Waals surface area contributed by atoms with Gasteiger partial charge in [-0.25, -0.2) is 4.39 Å². The van der Waals surface area contributed by atoms with E-state index in [0.29, 0.717) is 0 Å². The highest BCUT2D eigenvalue weighted by Crippen LogP contribution is 2.23. The van der Waals surface area contributed by atoms with Gasteiger partial charge in [-0.3, -0.25) is 4.79 Å². The van der Waals surface area contributed by atoms with Crippen molar-refractivity contribution in [1.29, 1.82) is 5.26 Å². The van der Waals surface area contributed by atoms with Crippen LogP contribution in [0.2, 0.25) is 0 Å². The van der Waals surface area contributed by atoms with E-state index in [4.69, 9.17) is 21.6 Å². The Morgan fingerprint density at radius 2 is 2.29 bits per heavy atom. The van der Waals surface area contributed by atoms with Gasteiger partial charge in [0.1, 0.15) is 17.6 Å². The molecule has 5 heteroatoms. The van der Waals surface area contributed by atoms with Gasteiger partial charge >= 0.3 is 0 Å². The Balaban J connectivity index is 3.39. The summed E-state index contributed by atoms with van der Waals surface area (Å²) in [4.78, 5) is 10.7. The number of hydrogen-bond acceptors (Lipinski definition) is 3. The zero-order valence-corrected chi connectivity index (χ0v) is 7.93. The maximum absolute atomic E-state index is 13.1. The minimum Gasteiger partial charge on any atom is -0.495 e. The molecule has 0 unspecified atom stereocenters. The summed E-state index contributed by atoms with van der Waals surface area (Å²) < 4.78 is 17.9. The van der Waals surface area contributed by atoms with Crippen LogP contribution in [0.1, 0.15) is 15.9 Å². The zero-order valence-electron chi connectivity index (χ0n) is 7.17. The van der Waals surface area contributed by atoms with Gasteiger partial charge in [0, 0.05) is 0 Å². The van der Waals surface area contributed by atoms with Crippen LogP contribution in [-0.2, 0) is 0 Å². The molecule has 0 saturated heterocycles. The fourth-order valence-corrected chi connectivity index (χ4v) is 1.11. The number of carbonyl (C=O) groups is 1. The predicted molar refractivity (Wildman–Crippen MR) is 47.9 cm³/mol. The summed E-state index contributed by atoms with van der Waals surface area (Å²) >= 11 is 5.12. The molecule has 0 aliphatic carbocycles. The predicted octanol–water partition coefficient (Wildman–Crippen LogP) is 2.08. The van der Waals surface area contributed by atoms with Crippen LogP contribution in [0.25, 0.3) is 0 Å². The normalized spacial score (nSPS) is 9.29. The molecule has 0 fully saturated rings. The summed E-state index contributed by atoms with van der Waals surface area (Å²) in [6.07, 6.45) is 0. The molecule has 1 aromatic rings. The molecule has 1 rings (SSSR count). The molecule has 0 atom stereocenters. The summed E-state index contributed by atoms with van der Waals surface area (Å²) in [5.74, 6) is -0.708. The summed E-state index contributed by atoms with van der Waals surface area (Å²) in [5.41, 5.74) is -0.283. The number of nitrogens with zero attached hydrogens (tertiary/aromatic N) is 1. The monoisotopic (exact) mass is 213 g/mol. The third kappa shape index (κ3) is 1.83. The number of hydrogen-bond donors (Lipinski definition) is 0. The summed E-state index contributed by atoms with van der Waals surface area (Å²) in [5, 5.41) is 7.66. The van der Waals surface area contributed by atoms with Gasteiger partial charge in [-0.1, -0.05) is 0 Å². The Morgan fingerprint density at radius 1 is 1.64 bits per heavy atom. The van der Waals surface area contributed by atoms with Gasteiger partial charge in [0.05, 0.1) is 18.2 Å². The van der Waals surface area contributed by atoms with Crippen molar-refractivity contribution in [3.63, 3.8) is 0 Å². The van der Waals surface area contributed by atoms with Crippen molar-refractivity contribution >= 4 is 16.8 Å². The lowest BCUT2D eigenvalue weighted by Crippen LogP contribution is -1.98. The Hall–Kier alpha value is -1.60. The van der Waals surface area contributed by atoms with Crippen LogP contribution in [0.15, 0.2) is 12.1 Å². The first-order chi connectivity index (χ1) is 6.60. The lowest BCUT2D eigenvalue weighted by molar-refractivity contribution is 0.107. The fourth-order valence-electron chi connectivity index (χ4n) is 0.960. The van der Waals surface area contributed by atoms with Gasteiger partial charge in [0.2, 0.25) is 0 Å². The van der Waals surface area contributed by atoms with E-state index in [0.717, 1.165) is 12.1 Å². The molecule has 0 amide bonds. The Morgan fingerprint density at radius 3 is 2.71 bits per heavy atom. The van der Waals surface area contributed by atoms with E-state index in [1.54, 1.807) is 6.07 Å². The highest BCUT2D eigenvalue weighted by molar-refractivity contribution is 6.67. The quantitative estimate of drug-likeness (QED) is 0.707. The molecule has 0 heterocycles. The Kier molecular flexibility index (Phi) is 3.05. The second kappa shape index (κ2) is 4.07. The first-order valence-corrected chi connectivity index (χ1v) is 3.95. The van der Waals surface area contributed by atoms with Crippen molar-refractivity contribution in [1.82, 2.24) is 0 Å². The number of methoxy groups -OCH3 is 1. The lowest BCUT2D eigenvalue weighted by atomic mass is 10.1. The van der Waals surface area contributed by atoms with Crippen molar-refractivity contribution in [2.24, 2.45) is 0 Å². The third-order valence-corrected chi connectivity index (χ3v) is 1.82. The molecular weight excluding hydrogens is 209 g/mol. The average molecular weight is 214 g/mol. The summed E-state index contributed by atoms with van der Waals surface area (Å²) in [7, 11) is 1.32. The molecule has 0 aliphatic rings. The van der Waals surface area contributed by atoms with Crippen LogP contribution in [0.5, 0.6) is 5.75 Å². The van der Waals surface area contributed by atoms with E-state index in [1.807, 2.05) is 0 Å². The minimum absolute atomic E-state index is 0.0201. The summed E-state index contributed by atoms with van der Waals surface area (Å²) in [6, 6.07) is 3.75. The largest absolute Gasteiger partial charge is 0.495 e. The molecule has 14 heavy (non-hydrogen) atoms. The molecule has 0 aromatic heterocycles. The number of halogens is 2. The van der Waals surface area contributed by atoms with Crippen LogP contribution in [0.3, 0.4) is 0 Å². The first kappa shape index (κ1) is 10.5. The maximum Gasteiger partial charge on any atom is 0.255 e. The van der Waals surface area contributed by atoms with Gasteiger partial charge < -0.3 is 4.74 Å². The van der Waals surface area contributed by atoms with Crippen LogP contribution >= 0.6 is 11.6 Å². The van der Waals surface area contributed by atoms with Crippen LogP contribution < -0.4 is 4.74 Å². The number of rotatable bonds is 2. The molecule has 0 aliphatic heterocycles. The van der Waals surface area contributed by atoms with Gasteiger partial charge in [-0.15, -0.1) is 0 Å². The van der Waals surface area contributed by atoms with Crippen LogP contribution in [-0.4, -0.2) is 12.4 Å². The molecule has 0 spiro atoms. The number of ether oxygens (including phenoxy) is 1. The topological polar surface area (TPSA) is 50.1 Å². The first-order valence-electron chi connectivity index (χ1n) is 3.57. The van der Waals surface area contributed by atoms with E-state index in [1.165, 1.54) is 7.11 Å². The number of benzene rings is 1. The van der Waals surface area contributed by atoms with Crippen molar-refractivity contribution in [3.05, 3.63) is 29.1 Å². The van der Waals surface area contributed by atoms with Crippen molar-refractivity contribution in [3.8, 4) is 11.8 Å². The molecule has 1 aromatic carbocycles. The van der Waals surface area contributed by atoms with Gasteiger partial charge in [0.15, 0.2) is 0 Å². The number of carbonyl (C=O) groups excluding carboxylic acids is 1. The highest BCUT2D eigenvalue weighted by atomic mass is 35.5. The second-order valence-corrected chi connectivity index (χ2v) is 2.76. The van der Waals surface area contributed by atoms with Gasteiger partial charge in [0.25, 0.3) is 5.24 Å². The van der Waals surface area contributed by atoms with E-state index < -0.39 is 11.1 Å². The molecule has 3 nitrogen and oxygen atoms in total. The Bertz CT molecular complexity index is 426. The van der Waals surface area contributed by atoms with Crippen molar-refractivity contribution in [2.75, 3.05) is 7.11 Å². The highest BCUT2D eigenvalue weighted by Gasteiger charge is 2.14. The zero-order chi connectivity index (χ0) is 10.7. The molecule has 0 radical (unpaired) electrons. The van der Waals surface area contributed by atoms with Crippen LogP contribution in [0.4, 0.5) is 4.39 Å². The molecular formula is C9H5ClFNO2. The molecule has 0 N–H and O–H groups in total.